The summed E-state index contributed by atoms with van der Waals surface area (Å²) >= 11 is 0. The molecule has 0 fully saturated rings. The molecule has 0 saturated heterocycles. The van der Waals surface area contributed by atoms with Crippen molar-refractivity contribution in [2.75, 3.05) is 24.2 Å². The zero-order valence-electron chi connectivity index (χ0n) is 8.04. The van der Waals surface area contributed by atoms with Gasteiger partial charge in [-0.05, 0) is 0 Å². The average Bonchev–Trinajstić information content (AvgIpc) is 2.17. The fourth-order valence-electron chi connectivity index (χ4n) is 0.911. The maximum absolute atomic E-state index is 10.4. The maximum atomic E-state index is 10.4. The highest BCUT2D eigenvalue weighted by Gasteiger charge is 2.15. The van der Waals surface area contributed by atoms with Crippen molar-refractivity contribution < 1.29 is 4.92 Å². The van der Waals surface area contributed by atoms with Gasteiger partial charge in [0.2, 0.25) is 11.8 Å². The standard InChI is InChI=1S/C8H9N5O2/c1-3-4-12(2)8-10-5-6(13(14)15)7(9)11-8/h1,5H,4H2,2H3,(H2,9,10,11). The van der Waals surface area contributed by atoms with Gasteiger partial charge in [-0.2, -0.15) is 4.98 Å². The van der Waals surface area contributed by atoms with Gasteiger partial charge >= 0.3 is 5.69 Å². The number of nitrogen functional groups attached to an aromatic ring is 1. The molecule has 7 heteroatoms. The van der Waals surface area contributed by atoms with Crippen molar-refractivity contribution in [2.24, 2.45) is 0 Å². The molecule has 0 spiro atoms. The Morgan fingerprint density at radius 1 is 1.80 bits per heavy atom. The Hall–Kier alpha value is -2.36. The highest BCUT2D eigenvalue weighted by Crippen LogP contribution is 2.19. The summed E-state index contributed by atoms with van der Waals surface area (Å²) in [4.78, 5) is 18.9. The summed E-state index contributed by atoms with van der Waals surface area (Å²) in [5.41, 5.74) is 5.07. The number of hydrogen-bond acceptors (Lipinski definition) is 6. The third-order valence-electron chi connectivity index (χ3n) is 1.65. The molecule has 0 aromatic carbocycles. The first-order chi connectivity index (χ1) is 7.06. The molecule has 1 aromatic heterocycles. The van der Waals surface area contributed by atoms with E-state index in [9.17, 15) is 10.1 Å². The zero-order valence-corrected chi connectivity index (χ0v) is 8.04. The largest absolute Gasteiger partial charge is 0.378 e. The lowest BCUT2D eigenvalue weighted by Crippen LogP contribution is -2.20. The predicted molar refractivity (Wildman–Crippen MR) is 55.2 cm³/mol. The second kappa shape index (κ2) is 4.23. The topological polar surface area (TPSA) is 98.2 Å². The molecule has 1 heterocycles. The van der Waals surface area contributed by atoms with Gasteiger partial charge in [-0.1, -0.05) is 5.92 Å². The molecule has 7 nitrogen and oxygen atoms in total. The van der Waals surface area contributed by atoms with Crippen LogP contribution in [0.5, 0.6) is 0 Å². The van der Waals surface area contributed by atoms with Crippen molar-refractivity contribution in [1.82, 2.24) is 9.97 Å². The van der Waals surface area contributed by atoms with Crippen LogP contribution in [0.1, 0.15) is 0 Å². The summed E-state index contributed by atoms with van der Waals surface area (Å²) in [5.74, 6) is 2.48. The van der Waals surface area contributed by atoms with Crippen LogP contribution in [-0.4, -0.2) is 28.5 Å². The van der Waals surface area contributed by atoms with Crippen LogP contribution in [0.25, 0.3) is 0 Å². The summed E-state index contributed by atoms with van der Waals surface area (Å²) in [5, 5.41) is 10.4. The molecule has 0 saturated carbocycles. The molecule has 1 aromatic rings. The third-order valence-corrected chi connectivity index (χ3v) is 1.65. The Bertz CT molecular complexity index is 426. The van der Waals surface area contributed by atoms with Gasteiger partial charge in [0.15, 0.2) is 0 Å². The molecule has 2 N–H and O–H groups in total. The molecule has 78 valence electrons. The van der Waals surface area contributed by atoms with Crippen LogP contribution in [0, 0.1) is 22.5 Å². The van der Waals surface area contributed by atoms with E-state index in [1.807, 2.05) is 0 Å². The highest BCUT2D eigenvalue weighted by molar-refractivity contribution is 5.53. The van der Waals surface area contributed by atoms with Crippen LogP contribution in [0.2, 0.25) is 0 Å². The lowest BCUT2D eigenvalue weighted by Gasteiger charge is -2.12. The van der Waals surface area contributed by atoms with E-state index in [2.05, 4.69) is 15.9 Å². The summed E-state index contributed by atoms with van der Waals surface area (Å²) in [6, 6.07) is 0. The normalized spacial score (nSPS) is 9.33. The van der Waals surface area contributed by atoms with Gasteiger partial charge in [-0.3, -0.25) is 10.1 Å². The second-order valence-electron chi connectivity index (χ2n) is 2.76. The number of nitrogens with two attached hydrogens (primary N) is 1. The number of rotatable bonds is 3. The maximum Gasteiger partial charge on any atom is 0.329 e. The van der Waals surface area contributed by atoms with Gasteiger partial charge in [-0.25, -0.2) is 4.98 Å². The number of hydrogen-bond donors (Lipinski definition) is 1. The van der Waals surface area contributed by atoms with E-state index in [0.29, 0.717) is 6.54 Å². The van der Waals surface area contributed by atoms with Crippen LogP contribution >= 0.6 is 0 Å². The van der Waals surface area contributed by atoms with Crippen LogP contribution in [-0.2, 0) is 0 Å². The summed E-state index contributed by atoms with van der Waals surface area (Å²) in [6.45, 7) is 0.303. The van der Waals surface area contributed by atoms with Crippen LogP contribution in [0.4, 0.5) is 17.5 Å². The predicted octanol–water partition coefficient (Wildman–Crippen LogP) is 0.0364. The summed E-state index contributed by atoms with van der Waals surface area (Å²) in [6.07, 6.45) is 6.16. The fourth-order valence-corrected chi connectivity index (χ4v) is 0.911. The van der Waals surface area contributed by atoms with Crippen molar-refractivity contribution >= 4 is 17.5 Å². The van der Waals surface area contributed by atoms with Crippen LogP contribution in [0.15, 0.2) is 6.20 Å². The Morgan fingerprint density at radius 3 is 2.93 bits per heavy atom. The van der Waals surface area contributed by atoms with Gasteiger partial charge < -0.3 is 10.6 Å². The molecular formula is C8H9N5O2. The van der Waals surface area contributed by atoms with E-state index in [0.717, 1.165) is 6.20 Å². The number of nitro groups is 1. The highest BCUT2D eigenvalue weighted by atomic mass is 16.6. The van der Waals surface area contributed by atoms with Crippen LogP contribution < -0.4 is 10.6 Å². The first-order valence-corrected chi connectivity index (χ1v) is 3.97. The molecule has 0 aliphatic carbocycles. The second-order valence-corrected chi connectivity index (χ2v) is 2.76. The fraction of sp³-hybridized carbons (Fsp3) is 0.250. The van der Waals surface area contributed by atoms with Crippen molar-refractivity contribution in [2.45, 2.75) is 0 Å². The molecular weight excluding hydrogens is 198 g/mol. The lowest BCUT2D eigenvalue weighted by molar-refractivity contribution is -0.384. The Kier molecular flexibility index (Phi) is 3.03. The first-order valence-electron chi connectivity index (χ1n) is 3.97. The van der Waals surface area contributed by atoms with E-state index in [1.165, 1.54) is 0 Å². The van der Waals surface area contributed by atoms with Crippen molar-refractivity contribution in [3.63, 3.8) is 0 Å². The van der Waals surface area contributed by atoms with Crippen molar-refractivity contribution in [1.29, 1.82) is 0 Å². The molecule has 0 atom stereocenters. The quantitative estimate of drug-likeness (QED) is 0.426. The van der Waals surface area contributed by atoms with Crippen molar-refractivity contribution in [3.8, 4) is 12.3 Å². The van der Waals surface area contributed by atoms with Gasteiger partial charge in [0.25, 0.3) is 0 Å². The Labute approximate surface area is 86.1 Å². The average molecular weight is 207 g/mol. The van der Waals surface area contributed by atoms with Gasteiger partial charge in [0, 0.05) is 7.05 Å². The molecule has 0 aliphatic rings. The zero-order chi connectivity index (χ0) is 11.4. The SMILES string of the molecule is C#CCN(C)c1ncc([N+](=O)[O-])c(N)n1. The van der Waals surface area contributed by atoms with E-state index in [-0.39, 0.29) is 17.5 Å². The number of anilines is 2. The molecule has 0 radical (unpaired) electrons. The minimum absolute atomic E-state index is 0.172. The minimum Gasteiger partial charge on any atom is -0.378 e. The lowest BCUT2D eigenvalue weighted by atomic mass is 10.5. The molecule has 15 heavy (non-hydrogen) atoms. The van der Waals surface area contributed by atoms with E-state index in [4.69, 9.17) is 12.2 Å². The first kappa shape index (κ1) is 10.7. The van der Waals surface area contributed by atoms with E-state index < -0.39 is 4.92 Å². The Morgan fingerprint density at radius 2 is 2.47 bits per heavy atom. The molecule has 0 unspecified atom stereocenters. The third kappa shape index (κ3) is 2.31. The Balaban J connectivity index is 3.02. The monoisotopic (exact) mass is 207 g/mol. The molecule has 0 bridgehead atoms. The minimum atomic E-state index is -0.639. The summed E-state index contributed by atoms with van der Waals surface area (Å²) in [7, 11) is 1.67. The summed E-state index contributed by atoms with van der Waals surface area (Å²) < 4.78 is 0. The van der Waals surface area contributed by atoms with Gasteiger partial charge in [-0.15, -0.1) is 6.42 Å². The molecule has 0 aliphatic heterocycles. The smallest absolute Gasteiger partial charge is 0.329 e. The van der Waals surface area contributed by atoms with Crippen molar-refractivity contribution in [3.05, 3.63) is 16.3 Å². The van der Waals surface area contributed by atoms with E-state index >= 15 is 0 Å². The molecule has 0 amide bonds. The van der Waals surface area contributed by atoms with Gasteiger partial charge in [0.1, 0.15) is 6.20 Å². The van der Waals surface area contributed by atoms with E-state index in [1.54, 1.807) is 11.9 Å². The molecule has 1 rings (SSSR count). The van der Waals surface area contributed by atoms with Crippen LogP contribution in [0.3, 0.4) is 0 Å². The number of nitrogens with zero attached hydrogens (tertiary/aromatic N) is 4. The van der Waals surface area contributed by atoms with Gasteiger partial charge in [0.05, 0.1) is 11.5 Å². The number of terminal acetylenes is 1. The number of aromatic nitrogens is 2.